The second kappa shape index (κ2) is 8.34. The molecule has 0 spiro atoms. The molecule has 0 bridgehead atoms. The highest BCUT2D eigenvalue weighted by Gasteiger charge is 2.24. The lowest BCUT2D eigenvalue weighted by Crippen LogP contribution is -2.25. The summed E-state index contributed by atoms with van der Waals surface area (Å²) in [5.74, 6) is 0.288. The lowest BCUT2D eigenvalue weighted by atomic mass is 9.97. The van der Waals surface area contributed by atoms with Crippen LogP contribution in [0.3, 0.4) is 0 Å². The van der Waals surface area contributed by atoms with Gasteiger partial charge in [-0.2, -0.15) is 0 Å². The summed E-state index contributed by atoms with van der Waals surface area (Å²) in [5, 5.41) is 4.80. The summed E-state index contributed by atoms with van der Waals surface area (Å²) in [6.07, 6.45) is 0. The summed E-state index contributed by atoms with van der Waals surface area (Å²) in [7, 11) is 0. The molecule has 0 aliphatic heterocycles. The monoisotopic (exact) mass is 397 g/mol. The highest BCUT2D eigenvalue weighted by atomic mass is 16.5. The van der Waals surface area contributed by atoms with Crippen LogP contribution in [-0.4, -0.2) is 23.7 Å². The van der Waals surface area contributed by atoms with E-state index in [1.165, 1.54) is 0 Å². The Bertz CT molecular complexity index is 1010. The number of aromatic nitrogens is 1. The van der Waals surface area contributed by atoms with Crippen LogP contribution < -0.4 is 9.47 Å². The van der Waals surface area contributed by atoms with Crippen molar-refractivity contribution in [3.63, 3.8) is 0 Å². The molecule has 0 unspecified atom stereocenters. The number of fused-ring (bicyclic) bond motifs is 1. The van der Waals surface area contributed by atoms with Gasteiger partial charge in [-0.3, -0.25) is 4.79 Å². The molecule has 0 aliphatic rings. The molecule has 0 fully saturated rings. The highest BCUT2D eigenvalue weighted by molar-refractivity contribution is 5.89. The van der Waals surface area contributed by atoms with Crippen molar-refractivity contribution in [3.05, 3.63) is 53.7 Å². The number of esters is 2. The summed E-state index contributed by atoms with van der Waals surface area (Å²) in [5.41, 5.74) is 0.977. The van der Waals surface area contributed by atoms with Crippen molar-refractivity contribution in [1.29, 1.82) is 0 Å². The lowest BCUT2D eigenvalue weighted by Gasteiger charge is -2.16. The molecule has 3 rings (SSSR count). The van der Waals surface area contributed by atoms with Crippen molar-refractivity contribution in [2.75, 3.05) is 6.61 Å². The van der Waals surface area contributed by atoms with Gasteiger partial charge in [0.2, 0.25) is 0 Å². The summed E-state index contributed by atoms with van der Waals surface area (Å²) in [6.45, 7) is 7.64. The Morgan fingerprint density at radius 2 is 1.72 bits per heavy atom. The number of carbonyl (C=O) groups excluding carboxylic acids is 2. The molecule has 0 amide bonds. The number of rotatable bonds is 6. The molecule has 0 N–H and O–H groups in total. The zero-order chi connectivity index (χ0) is 21.0. The van der Waals surface area contributed by atoms with Crippen molar-refractivity contribution in [3.8, 4) is 11.5 Å². The van der Waals surface area contributed by atoms with Gasteiger partial charge in [-0.05, 0) is 64.1 Å². The molecule has 29 heavy (non-hydrogen) atoms. The van der Waals surface area contributed by atoms with Crippen molar-refractivity contribution >= 4 is 22.9 Å². The molecule has 7 heteroatoms. The maximum atomic E-state index is 12.0. The summed E-state index contributed by atoms with van der Waals surface area (Å²) >= 11 is 0. The fourth-order valence-electron chi connectivity index (χ4n) is 2.45. The molecule has 0 atom stereocenters. The largest absolute Gasteiger partial charge is 0.487 e. The SMILES string of the molecule is CCOC(=O)c1ccc(OCc2noc3cc(OC(=O)C(C)(C)C)ccc23)cc1. The predicted octanol–water partition coefficient (Wildman–Crippen LogP) is 4.54. The van der Waals surface area contributed by atoms with E-state index in [0.717, 1.165) is 5.39 Å². The fraction of sp³-hybridized carbons (Fsp3) is 0.318. The molecule has 2 aromatic carbocycles. The van der Waals surface area contributed by atoms with Crippen LogP contribution in [0, 0.1) is 5.41 Å². The van der Waals surface area contributed by atoms with Crippen LogP contribution >= 0.6 is 0 Å². The molecule has 1 heterocycles. The standard InChI is InChI=1S/C22H23NO6/c1-5-26-20(24)14-6-8-15(9-7-14)27-13-18-17-11-10-16(12-19(17)29-23-18)28-21(25)22(2,3)4/h6-12H,5,13H2,1-4H3. The van der Waals surface area contributed by atoms with Crippen LogP contribution in [0.4, 0.5) is 0 Å². The first kappa shape index (κ1) is 20.4. The Hall–Kier alpha value is -3.35. The molecule has 152 valence electrons. The minimum Gasteiger partial charge on any atom is -0.487 e. The van der Waals surface area contributed by atoms with Gasteiger partial charge in [0, 0.05) is 11.5 Å². The normalized spacial score (nSPS) is 11.3. The van der Waals surface area contributed by atoms with Crippen LogP contribution in [0.25, 0.3) is 11.0 Å². The molecule has 0 saturated heterocycles. The van der Waals surface area contributed by atoms with E-state index < -0.39 is 5.41 Å². The van der Waals surface area contributed by atoms with E-state index in [0.29, 0.717) is 34.9 Å². The van der Waals surface area contributed by atoms with Gasteiger partial charge in [-0.15, -0.1) is 0 Å². The zero-order valence-electron chi connectivity index (χ0n) is 16.9. The maximum Gasteiger partial charge on any atom is 0.338 e. The van der Waals surface area contributed by atoms with Crippen LogP contribution in [-0.2, 0) is 16.1 Å². The number of carbonyl (C=O) groups is 2. The topological polar surface area (TPSA) is 87.9 Å². The van der Waals surface area contributed by atoms with E-state index in [1.54, 1.807) is 70.2 Å². The van der Waals surface area contributed by atoms with Gasteiger partial charge < -0.3 is 18.7 Å². The Balaban J connectivity index is 1.67. The van der Waals surface area contributed by atoms with E-state index in [-0.39, 0.29) is 18.5 Å². The minimum atomic E-state index is -0.599. The number of hydrogen-bond donors (Lipinski definition) is 0. The van der Waals surface area contributed by atoms with E-state index in [4.69, 9.17) is 18.7 Å². The van der Waals surface area contributed by atoms with Gasteiger partial charge >= 0.3 is 11.9 Å². The summed E-state index contributed by atoms with van der Waals surface area (Å²) in [6, 6.07) is 11.8. The number of ether oxygens (including phenoxy) is 3. The maximum absolute atomic E-state index is 12.0. The van der Waals surface area contributed by atoms with Crippen LogP contribution in [0.2, 0.25) is 0 Å². The summed E-state index contributed by atoms with van der Waals surface area (Å²) < 4.78 is 21.4. The first-order valence-electron chi connectivity index (χ1n) is 9.28. The molecule has 0 aliphatic carbocycles. The third kappa shape index (κ3) is 4.93. The second-order valence-corrected chi connectivity index (χ2v) is 7.46. The van der Waals surface area contributed by atoms with Crippen LogP contribution in [0.15, 0.2) is 47.0 Å². The second-order valence-electron chi connectivity index (χ2n) is 7.46. The van der Waals surface area contributed by atoms with Gasteiger partial charge in [0.25, 0.3) is 0 Å². The first-order chi connectivity index (χ1) is 13.8. The van der Waals surface area contributed by atoms with Crippen molar-refractivity contribution < 1.29 is 28.3 Å². The quantitative estimate of drug-likeness (QED) is 0.446. The van der Waals surface area contributed by atoms with E-state index >= 15 is 0 Å². The number of nitrogens with zero attached hydrogens (tertiary/aromatic N) is 1. The van der Waals surface area contributed by atoms with E-state index in [9.17, 15) is 9.59 Å². The first-order valence-corrected chi connectivity index (χ1v) is 9.28. The Morgan fingerprint density at radius 1 is 1.03 bits per heavy atom. The Labute approximate surface area is 168 Å². The average Bonchev–Trinajstić information content (AvgIpc) is 3.08. The summed E-state index contributed by atoms with van der Waals surface area (Å²) in [4.78, 5) is 23.7. The van der Waals surface area contributed by atoms with Crippen LogP contribution in [0.1, 0.15) is 43.7 Å². The smallest absolute Gasteiger partial charge is 0.338 e. The third-order valence-electron chi connectivity index (χ3n) is 4.08. The van der Waals surface area contributed by atoms with Crippen molar-refractivity contribution in [2.24, 2.45) is 5.41 Å². The molecule has 7 nitrogen and oxygen atoms in total. The fourth-order valence-corrected chi connectivity index (χ4v) is 2.45. The minimum absolute atomic E-state index is 0.187. The van der Waals surface area contributed by atoms with Gasteiger partial charge in [0.1, 0.15) is 23.8 Å². The molecule has 3 aromatic rings. The van der Waals surface area contributed by atoms with Crippen molar-refractivity contribution in [2.45, 2.75) is 34.3 Å². The van der Waals surface area contributed by atoms with Crippen molar-refractivity contribution in [1.82, 2.24) is 5.16 Å². The Kier molecular flexibility index (Phi) is 5.87. The third-order valence-corrected chi connectivity index (χ3v) is 4.08. The Morgan fingerprint density at radius 3 is 2.38 bits per heavy atom. The van der Waals surface area contributed by atoms with Gasteiger partial charge in [0.05, 0.1) is 17.6 Å². The van der Waals surface area contributed by atoms with E-state index in [1.807, 2.05) is 0 Å². The van der Waals surface area contributed by atoms with Gasteiger partial charge in [0.15, 0.2) is 5.58 Å². The predicted molar refractivity (Wildman–Crippen MR) is 106 cm³/mol. The van der Waals surface area contributed by atoms with E-state index in [2.05, 4.69) is 5.16 Å². The molecular weight excluding hydrogens is 374 g/mol. The van der Waals surface area contributed by atoms with Gasteiger partial charge in [-0.1, -0.05) is 5.16 Å². The number of hydrogen-bond acceptors (Lipinski definition) is 7. The highest BCUT2D eigenvalue weighted by Crippen LogP contribution is 2.26. The van der Waals surface area contributed by atoms with Gasteiger partial charge in [-0.25, -0.2) is 4.79 Å². The molecular formula is C22H23NO6. The lowest BCUT2D eigenvalue weighted by molar-refractivity contribution is -0.142. The number of benzene rings is 2. The zero-order valence-corrected chi connectivity index (χ0v) is 16.9. The molecule has 0 radical (unpaired) electrons. The average molecular weight is 397 g/mol. The molecule has 0 saturated carbocycles. The van der Waals surface area contributed by atoms with Crippen LogP contribution in [0.5, 0.6) is 11.5 Å². The molecule has 1 aromatic heterocycles.